The molecule has 0 fully saturated rings. The van der Waals surface area contributed by atoms with Gasteiger partial charge < -0.3 is 30.0 Å². The molecular weight excluding hydrogens is 427 g/mol. The predicted molar refractivity (Wildman–Crippen MR) is 133 cm³/mol. The zero-order valence-electron chi connectivity index (χ0n) is 20.0. The molecule has 0 heterocycles. The second-order valence-electron chi connectivity index (χ2n) is 10.4. The minimum Gasteiger partial charge on any atom is -0.396 e. The second-order valence-corrected chi connectivity index (χ2v) is 27.8. The molecule has 0 rings (SSSR count). The number of rotatable bonds is 9. The van der Waals surface area contributed by atoms with Gasteiger partial charge in [-0.05, 0) is 19.3 Å². The van der Waals surface area contributed by atoms with Crippen LogP contribution in [0.15, 0.2) is 0 Å². The van der Waals surface area contributed by atoms with E-state index < -0.39 is 32.8 Å². The van der Waals surface area contributed by atoms with Crippen LogP contribution < -0.4 is 0 Å². The highest BCUT2D eigenvalue weighted by Crippen LogP contribution is 2.12. The maximum atomic E-state index is 8.45. The van der Waals surface area contributed by atoms with E-state index in [9.17, 15) is 0 Å². The van der Waals surface area contributed by atoms with E-state index in [-0.39, 0.29) is 0 Å². The van der Waals surface area contributed by atoms with E-state index in [0.717, 1.165) is 19.3 Å². The molecule has 0 aliphatic heterocycles. The molecular formula is C18H51O6PSi3. The molecule has 6 nitrogen and oxygen atoms in total. The van der Waals surface area contributed by atoms with Crippen molar-refractivity contribution in [2.45, 2.75) is 96.3 Å². The monoisotopic (exact) mass is 478 g/mol. The number of aliphatic hydroxyl groups is 3. The summed E-state index contributed by atoms with van der Waals surface area (Å²) in [6, 6.07) is 3.76. The van der Waals surface area contributed by atoms with Crippen molar-refractivity contribution in [3.63, 3.8) is 0 Å². The van der Waals surface area contributed by atoms with Crippen LogP contribution in [0, 0.1) is 0 Å². The molecule has 0 atom stereocenters. The van der Waals surface area contributed by atoms with Crippen LogP contribution in [0.5, 0.6) is 0 Å². The van der Waals surface area contributed by atoms with Gasteiger partial charge in [-0.2, -0.15) is 0 Å². The first-order valence-electron chi connectivity index (χ1n) is 10.1. The molecule has 6 N–H and O–H groups in total. The lowest BCUT2D eigenvalue weighted by Crippen LogP contribution is -2.19. The van der Waals surface area contributed by atoms with Crippen molar-refractivity contribution >= 4 is 32.8 Å². The van der Waals surface area contributed by atoms with E-state index in [1.54, 1.807) is 0 Å². The lowest BCUT2D eigenvalue weighted by atomic mass is 10.5. The maximum Gasteiger partial charge on any atom is 0.324 e. The smallest absolute Gasteiger partial charge is 0.324 e. The molecule has 0 saturated carbocycles. The van der Waals surface area contributed by atoms with Gasteiger partial charge in [-0.1, -0.05) is 77.1 Å². The molecule has 0 bridgehead atoms. The topological polar surface area (TPSA) is 121 Å². The van der Waals surface area contributed by atoms with Crippen LogP contribution in [0.1, 0.15) is 19.3 Å². The highest BCUT2D eigenvalue weighted by atomic mass is 31.2. The molecule has 0 aromatic heterocycles. The fourth-order valence-electron chi connectivity index (χ4n) is 1.83. The summed E-state index contributed by atoms with van der Waals surface area (Å²) in [6.07, 6.45) is 2.99. The third kappa shape index (κ3) is 71.4. The van der Waals surface area contributed by atoms with Gasteiger partial charge in [0.25, 0.3) is 0 Å². The Morgan fingerprint density at radius 3 is 0.643 bits per heavy atom. The predicted octanol–water partition coefficient (Wildman–Crippen LogP) is 4.31. The zero-order valence-corrected chi connectivity index (χ0v) is 23.9. The Hall–Kier alpha value is 0.841. The highest BCUT2D eigenvalue weighted by molar-refractivity contribution is 7.38. The second kappa shape index (κ2) is 21.1. The Morgan fingerprint density at radius 2 is 0.607 bits per heavy atom. The Bertz CT molecular complexity index is 258. The lowest BCUT2D eigenvalue weighted by Gasteiger charge is -2.13. The summed E-state index contributed by atoms with van der Waals surface area (Å²) < 4.78 is 0. The van der Waals surface area contributed by atoms with Crippen LogP contribution in [-0.4, -0.2) is 74.0 Å². The summed E-state index contributed by atoms with van der Waals surface area (Å²) in [5, 5.41) is 25.4. The molecule has 0 amide bonds. The molecule has 176 valence electrons. The minimum absolute atomic E-state index is 0.365. The number of hydrogen-bond donors (Lipinski definition) is 6. The number of hydrogen-bond acceptors (Lipinski definition) is 6. The Kier molecular flexibility index (Phi) is 27.3. The van der Waals surface area contributed by atoms with Crippen molar-refractivity contribution in [2.75, 3.05) is 19.8 Å². The zero-order chi connectivity index (χ0) is 23.4. The van der Waals surface area contributed by atoms with Gasteiger partial charge in [-0.25, -0.2) is 0 Å². The van der Waals surface area contributed by atoms with Crippen LogP contribution in [0.3, 0.4) is 0 Å². The van der Waals surface area contributed by atoms with E-state index in [1.807, 2.05) is 0 Å². The maximum absolute atomic E-state index is 8.45. The third-order valence-corrected chi connectivity index (χ3v) is 8.82. The van der Waals surface area contributed by atoms with E-state index in [1.165, 1.54) is 18.1 Å². The normalized spacial score (nSPS) is 11.6. The first-order valence-corrected chi connectivity index (χ1v) is 22.4. The van der Waals surface area contributed by atoms with Crippen molar-refractivity contribution in [3.05, 3.63) is 0 Å². The Balaban J connectivity index is -0.000000141. The molecule has 0 saturated heterocycles. The van der Waals surface area contributed by atoms with Crippen LogP contribution in [-0.2, 0) is 0 Å². The first kappa shape index (κ1) is 36.2. The van der Waals surface area contributed by atoms with Gasteiger partial charge >= 0.3 is 8.60 Å². The van der Waals surface area contributed by atoms with Gasteiger partial charge in [-0.15, -0.1) is 0 Å². The number of aliphatic hydroxyl groups excluding tert-OH is 3. The van der Waals surface area contributed by atoms with Crippen LogP contribution in [0.2, 0.25) is 77.1 Å². The van der Waals surface area contributed by atoms with Gasteiger partial charge in [0.15, 0.2) is 0 Å². The van der Waals surface area contributed by atoms with E-state index in [4.69, 9.17) is 30.0 Å². The van der Waals surface area contributed by atoms with Crippen molar-refractivity contribution in [3.8, 4) is 0 Å². The average Bonchev–Trinajstić information content (AvgIpc) is 2.47. The third-order valence-electron chi connectivity index (χ3n) is 3.25. The summed E-state index contributed by atoms with van der Waals surface area (Å²) >= 11 is 0. The van der Waals surface area contributed by atoms with Crippen molar-refractivity contribution in [1.82, 2.24) is 0 Å². The molecule has 10 heteroatoms. The molecule has 28 heavy (non-hydrogen) atoms. The van der Waals surface area contributed by atoms with Crippen molar-refractivity contribution < 1.29 is 30.0 Å². The molecule has 0 radical (unpaired) electrons. The molecule has 0 aromatic carbocycles. The van der Waals surface area contributed by atoms with Gasteiger partial charge in [-0.3, -0.25) is 0 Å². The quantitative estimate of drug-likeness (QED) is 0.217. The summed E-state index contributed by atoms with van der Waals surface area (Å²) in [5.41, 5.74) is 0. The summed E-state index contributed by atoms with van der Waals surface area (Å²) in [7, 11) is -5.13. The van der Waals surface area contributed by atoms with Crippen molar-refractivity contribution in [1.29, 1.82) is 0 Å². The molecule has 0 aromatic rings. The molecule has 0 spiro atoms. The summed E-state index contributed by atoms with van der Waals surface area (Å²) in [5.74, 6) is 0. The standard InChI is InChI=1S/3C6H16OSi.H3O3P/c3*1-8(2,3)6-4-5-7;1-4(2)3/h3*7H,4-6H2,1-3H3;1-3H. The Labute approximate surface area is 179 Å². The summed E-state index contributed by atoms with van der Waals surface area (Å²) in [4.78, 5) is 21.7. The van der Waals surface area contributed by atoms with E-state index >= 15 is 0 Å². The van der Waals surface area contributed by atoms with Gasteiger partial charge in [0, 0.05) is 44.0 Å². The minimum atomic E-state index is -2.62. The lowest BCUT2D eigenvalue weighted by molar-refractivity contribution is 0.294. The van der Waals surface area contributed by atoms with Crippen LogP contribution in [0.25, 0.3) is 0 Å². The first-order chi connectivity index (χ1) is 12.4. The van der Waals surface area contributed by atoms with E-state index in [2.05, 4.69) is 58.9 Å². The summed E-state index contributed by atoms with van der Waals surface area (Å²) in [6.45, 7) is 22.0. The van der Waals surface area contributed by atoms with Gasteiger partial charge in [0.05, 0.1) is 0 Å². The van der Waals surface area contributed by atoms with Gasteiger partial charge in [0.2, 0.25) is 0 Å². The van der Waals surface area contributed by atoms with Crippen molar-refractivity contribution in [2.24, 2.45) is 0 Å². The average molecular weight is 479 g/mol. The fraction of sp³-hybridized carbons (Fsp3) is 1.00. The van der Waals surface area contributed by atoms with E-state index in [0.29, 0.717) is 19.8 Å². The Morgan fingerprint density at radius 1 is 0.464 bits per heavy atom. The highest BCUT2D eigenvalue weighted by Gasteiger charge is 2.11. The SMILES string of the molecule is C[Si](C)(C)CCCO.C[Si](C)(C)CCCO.C[Si](C)(C)CCCO.OP(O)O. The molecule has 0 aliphatic carbocycles. The largest absolute Gasteiger partial charge is 0.396 e. The fourth-order valence-corrected chi connectivity index (χ4v) is 5.48. The van der Waals surface area contributed by atoms with Gasteiger partial charge in [0.1, 0.15) is 0 Å². The molecule has 0 aliphatic rings. The van der Waals surface area contributed by atoms with Crippen LogP contribution >= 0.6 is 8.60 Å². The van der Waals surface area contributed by atoms with Crippen LogP contribution in [0.4, 0.5) is 0 Å². The molecule has 0 unspecified atom stereocenters.